The third kappa shape index (κ3) is 8.81. The summed E-state index contributed by atoms with van der Waals surface area (Å²) < 4.78 is 34.7. The number of carbonyl (C=O) groups excluding carboxylic acids is 2. The van der Waals surface area contributed by atoms with Crippen LogP contribution in [0.4, 0.5) is 5.69 Å². The highest BCUT2D eigenvalue weighted by Gasteiger charge is 2.36. The first-order valence-electron chi connectivity index (χ1n) is 14.6. The molecule has 0 aromatic heterocycles. The largest absolute Gasteiger partial charge is 0.497 e. The molecule has 11 heteroatoms. The third-order valence-corrected chi connectivity index (χ3v) is 9.61. The van der Waals surface area contributed by atoms with Gasteiger partial charge in [0.1, 0.15) is 18.3 Å². The SMILES string of the molecule is COc1cccc(N(CC(=O)N(Cc2c(Cl)cccc2Cl)[C@H](Cc2ccccc2)C(=O)NC(C)(C)C)S(=O)(=O)c2ccccc2)c1. The maximum atomic E-state index is 14.6. The van der Waals surface area contributed by atoms with E-state index < -0.39 is 40.0 Å². The number of nitrogens with one attached hydrogen (secondary N) is 1. The summed E-state index contributed by atoms with van der Waals surface area (Å²) in [5.74, 6) is -0.639. The van der Waals surface area contributed by atoms with Crippen molar-refractivity contribution in [1.29, 1.82) is 0 Å². The Kier molecular flexibility index (Phi) is 11.4. The van der Waals surface area contributed by atoms with Crippen LogP contribution in [0.15, 0.2) is 108 Å². The molecule has 4 aromatic rings. The number of halogens is 2. The van der Waals surface area contributed by atoms with Gasteiger partial charge in [0.2, 0.25) is 11.8 Å². The number of ether oxygens (including phenoxy) is 1. The third-order valence-electron chi connectivity index (χ3n) is 7.11. The summed E-state index contributed by atoms with van der Waals surface area (Å²) in [5, 5.41) is 3.61. The van der Waals surface area contributed by atoms with Crippen molar-refractivity contribution in [2.45, 2.75) is 50.2 Å². The van der Waals surface area contributed by atoms with Crippen molar-refractivity contribution < 1.29 is 22.7 Å². The maximum absolute atomic E-state index is 14.6. The van der Waals surface area contributed by atoms with E-state index in [0.29, 0.717) is 21.4 Å². The molecule has 0 aliphatic rings. The average molecular weight is 683 g/mol. The van der Waals surface area contributed by atoms with Crippen LogP contribution in [-0.2, 0) is 32.6 Å². The van der Waals surface area contributed by atoms with E-state index in [-0.39, 0.29) is 23.5 Å². The van der Waals surface area contributed by atoms with Crippen LogP contribution in [0, 0.1) is 0 Å². The van der Waals surface area contributed by atoms with Gasteiger partial charge in [-0.05, 0) is 62.7 Å². The Hall–Kier alpha value is -4.05. The number of nitrogens with zero attached hydrogens (tertiary/aromatic N) is 2. The van der Waals surface area contributed by atoms with Crippen LogP contribution in [0.1, 0.15) is 31.9 Å². The van der Waals surface area contributed by atoms with Gasteiger partial charge in [0.05, 0.1) is 17.7 Å². The Morgan fingerprint density at radius 2 is 1.43 bits per heavy atom. The number of rotatable bonds is 12. The number of hydrogen-bond acceptors (Lipinski definition) is 5. The monoisotopic (exact) mass is 681 g/mol. The normalized spacial score (nSPS) is 12.2. The summed E-state index contributed by atoms with van der Waals surface area (Å²) in [4.78, 5) is 30.0. The quantitative estimate of drug-likeness (QED) is 0.178. The van der Waals surface area contributed by atoms with Gasteiger partial charge >= 0.3 is 0 Å². The van der Waals surface area contributed by atoms with Gasteiger partial charge in [-0.15, -0.1) is 0 Å². The molecule has 0 aliphatic heterocycles. The van der Waals surface area contributed by atoms with E-state index in [0.717, 1.165) is 9.87 Å². The molecule has 4 aromatic carbocycles. The van der Waals surface area contributed by atoms with Gasteiger partial charge < -0.3 is 15.0 Å². The summed E-state index contributed by atoms with van der Waals surface area (Å²) in [6.07, 6.45) is 0.154. The summed E-state index contributed by atoms with van der Waals surface area (Å²) in [6, 6.07) is 27.5. The van der Waals surface area contributed by atoms with Crippen molar-refractivity contribution in [3.05, 3.63) is 124 Å². The molecule has 0 saturated carbocycles. The zero-order chi connectivity index (χ0) is 33.5. The first-order valence-corrected chi connectivity index (χ1v) is 16.8. The van der Waals surface area contributed by atoms with Gasteiger partial charge in [-0.1, -0.05) is 83.9 Å². The van der Waals surface area contributed by atoms with Crippen molar-refractivity contribution in [2.24, 2.45) is 0 Å². The number of benzene rings is 4. The fourth-order valence-corrected chi connectivity index (χ4v) is 6.82. The number of methoxy groups -OCH3 is 1. The Morgan fingerprint density at radius 3 is 2.02 bits per heavy atom. The lowest BCUT2D eigenvalue weighted by Crippen LogP contribution is -2.56. The number of amides is 2. The molecule has 4 rings (SSSR count). The molecule has 0 unspecified atom stereocenters. The maximum Gasteiger partial charge on any atom is 0.264 e. The number of carbonyl (C=O) groups is 2. The molecule has 0 fully saturated rings. The molecule has 46 heavy (non-hydrogen) atoms. The van der Waals surface area contributed by atoms with Gasteiger partial charge in [0.15, 0.2) is 0 Å². The lowest BCUT2D eigenvalue weighted by Gasteiger charge is -2.35. The first-order chi connectivity index (χ1) is 21.8. The Balaban J connectivity index is 1.86. The second kappa shape index (κ2) is 15.0. The van der Waals surface area contributed by atoms with Crippen molar-refractivity contribution in [2.75, 3.05) is 18.0 Å². The van der Waals surface area contributed by atoms with E-state index in [1.807, 2.05) is 51.1 Å². The molecule has 0 heterocycles. The predicted octanol–water partition coefficient (Wildman–Crippen LogP) is 6.75. The van der Waals surface area contributed by atoms with Gasteiger partial charge in [-0.2, -0.15) is 0 Å². The highest BCUT2D eigenvalue weighted by Crippen LogP contribution is 2.30. The van der Waals surface area contributed by atoms with E-state index in [1.54, 1.807) is 54.6 Å². The molecule has 0 saturated heterocycles. The standard InChI is InChI=1S/C35H37Cl2N3O5S/c1-35(2,3)38-34(42)32(21-25-13-7-5-8-14-25)39(23-29-30(36)19-12-20-31(29)37)33(41)24-40(26-15-11-16-27(22-26)45-4)46(43,44)28-17-9-6-10-18-28/h5-20,22,32H,21,23-24H2,1-4H3,(H,38,42)/t32-/m1/s1. The lowest BCUT2D eigenvalue weighted by atomic mass is 10.0. The average Bonchev–Trinajstić information content (AvgIpc) is 3.02. The molecule has 8 nitrogen and oxygen atoms in total. The van der Waals surface area contributed by atoms with Crippen LogP contribution >= 0.6 is 23.2 Å². The first kappa shape index (κ1) is 34.8. The minimum atomic E-state index is -4.25. The van der Waals surface area contributed by atoms with Gasteiger partial charge in [-0.25, -0.2) is 8.42 Å². The van der Waals surface area contributed by atoms with Crippen molar-refractivity contribution in [1.82, 2.24) is 10.2 Å². The topological polar surface area (TPSA) is 96.0 Å². The highest BCUT2D eigenvalue weighted by molar-refractivity contribution is 7.92. The lowest BCUT2D eigenvalue weighted by molar-refractivity contribution is -0.140. The van der Waals surface area contributed by atoms with Gasteiger partial charge in [0, 0.05) is 40.2 Å². The van der Waals surface area contributed by atoms with E-state index in [1.165, 1.54) is 30.2 Å². The van der Waals surface area contributed by atoms with Gasteiger partial charge in [-0.3, -0.25) is 13.9 Å². The van der Waals surface area contributed by atoms with Crippen LogP contribution in [0.3, 0.4) is 0 Å². The zero-order valence-corrected chi connectivity index (χ0v) is 28.4. The molecular weight excluding hydrogens is 645 g/mol. The molecule has 0 radical (unpaired) electrons. The summed E-state index contributed by atoms with van der Waals surface area (Å²) in [7, 11) is -2.78. The minimum Gasteiger partial charge on any atom is -0.497 e. The van der Waals surface area contributed by atoms with Crippen molar-refractivity contribution in [3.63, 3.8) is 0 Å². The minimum absolute atomic E-state index is 0.00220. The summed E-state index contributed by atoms with van der Waals surface area (Å²) in [6.45, 7) is 4.76. The molecule has 2 amide bonds. The Labute approximate surface area is 280 Å². The van der Waals surface area contributed by atoms with E-state index in [9.17, 15) is 18.0 Å². The fourth-order valence-electron chi connectivity index (χ4n) is 4.87. The van der Waals surface area contributed by atoms with Crippen LogP contribution in [0.25, 0.3) is 0 Å². The van der Waals surface area contributed by atoms with Crippen LogP contribution in [0.2, 0.25) is 10.0 Å². The van der Waals surface area contributed by atoms with Crippen molar-refractivity contribution >= 4 is 50.7 Å². The Morgan fingerprint density at radius 1 is 0.848 bits per heavy atom. The fraction of sp³-hybridized carbons (Fsp3) is 0.257. The van der Waals surface area contributed by atoms with Crippen LogP contribution in [0.5, 0.6) is 5.75 Å². The number of anilines is 1. The molecule has 0 bridgehead atoms. The summed E-state index contributed by atoms with van der Waals surface area (Å²) in [5.41, 5.74) is 0.832. The smallest absolute Gasteiger partial charge is 0.264 e. The molecule has 242 valence electrons. The predicted molar refractivity (Wildman–Crippen MR) is 183 cm³/mol. The number of hydrogen-bond donors (Lipinski definition) is 1. The Bertz CT molecular complexity index is 1740. The summed E-state index contributed by atoms with van der Waals surface area (Å²) >= 11 is 13.1. The van der Waals surface area contributed by atoms with E-state index in [2.05, 4.69) is 5.32 Å². The second-order valence-electron chi connectivity index (χ2n) is 11.7. The molecular formula is C35H37Cl2N3O5S. The second-order valence-corrected chi connectivity index (χ2v) is 14.4. The molecule has 0 spiro atoms. The highest BCUT2D eigenvalue weighted by atomic mass is 35.5. The molecule has 1 atom stereocenters. The van der Waals surface area contributed by atoms with Crippen molar-refractivity contribution in [3.8, 4) is 5.75 Å². The van der Waals surface area contributed by atoms with Crippen LogP contribution < -0.4 is 14.4 Å². The van der Waals surface area contributed by atoms with Gasteiger partial charge in [0.25, 0.3) is 10.0 Å². The molecule has 1 N–H and O–H groups in total. The van der Waals surface area contributed by atoms with E-state index in [4.69, 9.17) is 27.9 Å². The van der Waals surface area contributed by atoms with E-state index >= 15 is 0 Å². The van der Waals surface area contributed by atoms with Crippen LogP contribution in [-0.4, -0.2) is 50.4 Å². The zero-order valence-electron chi connectivity index (χ0n) is 26.1. The number of sulfonamides is 1. The molecule has 0 aliphatic carbocycles.